The molecule has 4 bridgehead atoms. The van der Waals surface area contributed by atoms with Gasteiger partial charge in [-0.1, -0.05) is 30.3 Å². The van der Waals surface area contributed by atoms with Crippen LogP contribution in [0.1, 0.15) is 55.3 Å². The minimum atomic E-state index is -0.0241. The molecule has 0 radical (unpaired) electrons. The van der Waals surface area contributed by atoms with Gasteiger partial charge in [-0.2, -0.15) is 0 Å². The molecule has 142 valence electrons. The van der Waals surface area contributed by atoms with Crippen LogP contribution in [-0.2, 0) is 6.42 Å². The molecule has 6 rings (SSSR count). The van der Waals surface area contributed by atoms with E-state index in [0.29, 0.717) is 17.8 Å². The number of nitrogens with zero attached hydrogens (tertiary/aromatic N) is 1. The van der Waals surface area contributed by atoms with Crippen molar-refractivity contribution in [1.29, 1.82) is 0 Å². The van der Waals surface area contributed by atoms with Gasteiger partial charge >= 0.3 is 0 Å². The van der Waals surface area contributed by atoms with Crippen LogP contribution in [0, 0.1) is 30.1 Å². The smallest absolute Gasteiger partial charge is 0.255 e. The first-order valence-corrected chi connectivity index (χ1v) is 10.5. The van der Waals surface area contributed by atoms with Gasteiger partial charge in [-0.3, -0.25) is 9.78 Å². The first kappa shape index (κ1) is 17.0. The zero-order chi connectivity index (χ0) is 18.4. The molecule has 1 aromatic carbocycles. The molecule has 1 heterocycles. The molecule has 0 saturated heterocycles. The third kappa shape index (κ3) is 3.30. The molecule has 0 atom stereocenters. The highest BCUT2D eigenvalue weighted by Gasteiger charge is 2.50. The fraction of sp³-hybridized carbons (Fsp3) is 0.565. The second kappa shape index (κ2) is 6.50. The van der Waals surface area contributed by atoms with Crippen LogP contribution in [-0.4, -0.2) is 16.5 Å². The molecule has 0 unspecified atom stereocenters. The molecule has 4 heteroatoms. The lowest BCUT2D eigenvalue weighted by atomic mass is 9.49. The SMILES string of the molecule is Cc1c(Cc2ccccc2)nc(NCC23CC4CC(CC(C4)C2)C3)[nH]c1=O. The normalized spacial score (nSPS) is 31.2. The van der Waals surface area contributed by atoms with Gasteiger partial charge in [0.25, 0.3) is 5.56 Å². The first-order valence-electron chi connectivity index (χ1n) is 10.5. The summed E-state index contributed by atoms with van der Waals surface area (Å²) in [6.07, 6.45) is 9.15. The summed E-state index contributed by atoms with van der Waals surface area (Å²) in [5.74, 6) is 3.47. The maximum Gasteiger partial charge on any atom is 0.255 e. The van der Waals surface area contributed by atoms with Gasteiger partial charge in [-0.25, -0.2) is 4.98 Å². The first-order chi connectivity index (χ1) is 13.1. The Morgan fingerprint density at radius 2 is 1.70 bits per heavy atom. The average Bonchev–Trinajstić information content (AvgIpc) is 2.64. The maximum atomic E-state index is 12.4. The van der Waals surface area contributed by atoms with Crippen molar-refractivity contribution in [2.75, 3.05) is 11.9 Å². The van der Waals surface area contributed by atoms with Gasteiger partial charge in [-0.15, -0.1) is 0 Å². The van der Waals surface area contributed by atoms with Crippen LogP contribution in [0.5, 0.6) is 0 Å². The minimum Gasteiger partial charge on any atom is -0.355 e. The number of aromatic amines is 1. The molecule has 4 aliphatic rings. The van der Waals surface area contributed by atoms with E-state index in [4.69, 9.17) is 4.98 Å². The Hall–Kier alpha value is -2.10. The van der Waals surface area contributed by atoms with Crippen molar-refractivity contribution < 1.29 is 0 Å². The van der Waals surface area contributed by atoms with Gasteiger partial charge < -0.3 is 5.32 Å². The summed E-state index contributed by atoms with van der Waals surface area (Å²) in [7, 11) is 0. The van der Waals surface area contributed by atoms with Gasteiger partial charge in [0.05, 0.1) is 5.69 Å². The lowest BCUT2D eigenvalue weighted by Crippen LogP contribution is -2.49. The number of anilines is 1. The topological polar surface area (TPSA) is 57.8 Å². The number of nitrogens with one attached hydrogen (secondary N) is 2. The molecule has 1 aromatic heterocycles. The van der Waals surface area contributed by atoms with Crippen LogP contribution < -0.4 is 10.9 Å². The Morgan fingerprint density at radius 1 is 1.07 bits per heavy atom. The van der Waals surface area contributed by atoms with Crippen molar-refractivity contribution in [3.8, 4) is 0 Å². The summed E-state index contributed by atoms with van der Waals surface area (Å²) in [5, 5.41) is 3.53. The van der Waals surface area contributed by atoms with Crippen LogP contribution in [0.25, 0.3) is 0 Å². The molecule has 0 amide bonds. The third-order valence-electron chi connectivity index (χ3n) is 7.26. The van der Waals surface area contributed by atoms with E-state index in [1.807, 2.05) is 25.1 Å². The van der Waals surface area contributed by atoms with Crippen molar-refractivity contribution in [2.24, 2.45) is 23.2 Å². The summed E-state index contributed by atoms with van der Waals surface area (Å²) >= 11 is 0. The second-order valence-corrected chi connectivity index (χ2v) is 9.42. The number of benzene rings is 1. The Bertz CT molecular complexity index is 851. The Kier molecular flexibility index (Phi) is 4.10. The molecule has 2 aromatic rings. The van der Waals surface area contributed by atoms with Gasteiger partial charge in [0.1, 0.15) is 0 Å². The highest BCUT2D eigenvalue weighted by Crippen LogP contribution is 2.59. The largest absolute Gasteiger partial charge is 0.355 e. The maximum absolute atomic E-state index is 12.4. The molecular weight excluding hydrogens is 334 g/mol. The Labute approximate surface area is 160 Å². The van der Waals surface area contributed by atoms with Crippen LogP contribution >= 0.6 is 0 Å². The van der Waals surface area contributed by atoms with E-state index in [-0.39, 0.29) is 5.56 Å². The quantitative estimate of drug-likeness (QED) is 0.833. The average molecular weight is 364 g/mol. The fourth-order valence-corrected chi connectivity index (χ4v) is 6.40. The van der Waals surface area contributed by atoms with Crippen LogP contribution in [0.15, 0.2) is 35.1 Å². The van der Waals surface area contributed by atoms with Crippen molar-refractivity contribution in [3.63, 3.8) is 0 Å². The predicted octanol–water partition coefficient (Wildman–Crippen LogP) is 4.30. The highest BCUT2D eigenvalue weighted by atomic mass is 16.1. The third-order valence-corrected chi connectivity index (χ3v) is 7.26. The van der Waals surface area contributed by atoms with E-state index in [2.05, 4.69) is 22.4 Å². The van der Waals surface area contributed by atoms with Gasteiger partial charge in [0.2, 0.25) is 5.95 Å². The summed E-state index contributed by atoms with van der Waals surface area (Å²) in [6.45, 7) is 2.82. The molecule has 27 heavy (non-hydrogen) atoms. The van der Waals surface area contributed by atoms with Gasteiger partial charge in [-0.05, 0) is 74.2 Å². The summed E-state index contributed by atoms with van der Waals surface area (Å²) < 4.78 is 0. The van der Waals surface area contributed by atoms with E-state index < -0.39 is 0 Å². The second-order valence-electron chi connectivity index (χ2n) is 9.42. The van der Waals surface area contributed by atoms with Crippen LogP contribution in [0.2, 0.25) is 0 Å². The summed E-state index contributed by atoms with van der Waals surface area (Å²) in [6, 6.07) is 10.3. The minimum absolute atomic E-state index is 0.0241. The zero-order valence-corrected chi connectivity index (χ0v) is 16.1. The van der Waals surface area contributed by atoms with Gasteiger partial charge in [0.15, 0.2) is 0 Å². The van der Waals surface area contributed by atoms with Crippen molar-refractivity contribution >= 4 is 5.95 Å². The Morgan fingerprint density at radius 3 is 2.33 bits per heavy atom. The lowest BCUT2D eigenvalue weighted by molar-refractivity contribution is -0.0445. The number of rotatable bonds is 5. The number of hydrogen-bond acceptors (Lipinski definition) is 3. The molecular formula is C23H29N3O. The molecule has 4 nitrogen and oxygen atoms in total. The van der Waals surface area contributed by atoms with E-state index in [1.54, 1.807) is 0 Å². The van der Waals surface area contributed by atoms with Crippen molar-refractivity contribution in [1.82, 2.24) is 9.97 Å². The van der Waals surface area contributed by atoms with E-state index >= 15 is 0 Å². The molecule has 4 fully saturated rings. The van der Waals surface area contributed by atoms with E-state index in [9.17, 15) is 4.79 Å². The van der Waals surface area contributed by atoms with Crippen molar-refractivity contribution in [2.45, 2.75) is 51.9 Å². The summed E-state index contributed by atoms with van der Waals surface area (Å²) in [5.41, 5.74) is 3.18. The number of hydrogen-bond donors (Lipinski definition) is 2. The number of aromatic nitrogens is 2. The van der Waals surface area contributed by atoms with Gasteiger partial charge in [0, 0.05) is 18.5 Å². The molecule has 0 spiro atoms. The highest BCUT2D eigenvalue weighted by molar-refractivity contribution is 5.33. The number of H-pyrrole nitrogens is 1. The molecule has 2 N–H and O–H groups in total. The monoisotopic (exact) mass is 363 g/mol. The van der Waals surface area contributed by atoms with Crippen molar-refractivity contribution in [3.05, 3.63) is 57.5 Å². The molecule has 4 aliphatic carbocycles. The fourth-order valence-electron chi connectivity index (χ4n) is 6.40. The van der Waals surface area contributed by atoms with E-state index in [1.165, 1.54) is 44.1 Å². The van der Waals surface area contributed by atoms with Crippen LogP contribution in [0.3, 0.4) is 0 Å². The molecule has 0 aliphatic heterocycles. The lowest BCUT2D eigenvalue weighted by Gasteiger charge is -2.56. The zero-order valence-electron chi connectivity index (χ0n) is 16.1. The van der Waals surface area contributed by atoms with E-state index in [0.717, 1.165) is 35.6 Å². The molecule has 4 saturated carbocycles. The summed E-state index contributed by atoms with van der Waals surface area (Å²) in [4.78, 5) is 20.2. The van der Waals surface area contributed by atoms with Crippen LogP contribution in [0.4, 0.5) is 5.95 Å². The Balaban J connectivity index is 1.34. The standard InChI is InChI=1S/C23H29N3O/c1-15-20(10-16-5-3-2-4-6-16)25-22(26-21(15)27)24-14-23-11-17-7-18(12-23)9-19(8-17)13-23/h2-6,17-19H,7-14H2,1H3,(H2,24,25,26,27). The predicted molar refractivity (Wildman–Crippen MR) is 108 cm³/mol.